The van der Waals surface area contributed by atoms with E-state index in [1.807, 2.05) is 20.8 Å². The van der Waals surface area contributed by atoms with Gasteiger partial charge in [0, 0.05) is 41.8 Å². The van der Waals surface area contributed by atoms with Crippen LogP contribution in [0.25, 0.3) is 11.1 Å². The van der Waals surface area contributed by atoms with Gasteiger partial charge in [-0.05, 0) is 53.7 Å². The molecule has 0 aliphatic heterocycles. The first-order chi connectivity index (χ1) is 13.9. The van der Waals surface area contributed by atoms with E-state index >= 15 is 0 Å². The minimum Gasteiger partial charge on any atom is -0.404 e. The van der Waals surface area contributed by atoms with Crippen molar-refractivity contribution in [3.8, 4) is 0 Å². The second-order valence-corrected chi connectivity index (χ2v) is 6.86. The van der Waals surface area contributed by atoms with Gasteiger partial charge in [-0.15, -0.1) is 0 Å². The first-order valence-electron chi connectivity index (χ1n) is 10.1. The molecule has 7 N–H and O–H groups in total. The first kappa shape index (κ1) is 24.8. The van der Waals surface area contributed by atoms with Gasteiger partial charge in [-0.25, -0.2) is 8.78 Å². The average Bonchev–Trinajstić information content (AvgIpc) is 2.72. The lowest BCUT2D eigenvalue weighted by molar-refractivity contribution is 0.151. The van der Waals surface area contributed by atoms with Gasteiger partial charge in [0.2, 0.25) is 0 Å². The summed E-state index contributed by atoms with van der Waals surface area (Å²) >= 11 is 0. The third-order valence-electron chi connectivity index (χ3n) is 5.01. The van der Waals surface area contributed by atoms with E-state index in [9.17, 15) is 13.9 Å². The second kappa shape index (κ2) is 12.3. The molecule has 0 fully saturated rings. The van der Waals surface area contributed by atoms with E-state index in [0.29, 0.717) is 18.4 Å². The van der Waals surface area contributed by atoms with Gasteiger partial charge < -0.3 is 27.3 Å². The van der Waals surface area contributed by atoms with Crippen molar-refractivity contribution in [1.29, 1.82) is 5.41 Å². The molecule has 0 saturated carbocycles. The Bertz CT molecular complexity index is 741. The number of hydrogen-bond donors (Lipinski definition) is 5. The Labute approximate surface area is 172 Å². The van der Waals surface area contributed by atoms with Gasteiger partial charge in [-0.3, -0.25) is 0 Å². The maximum atomic E-state index is 13.9. The van der Waals surface area contributed by atoms with E-state index in [-0.39, 0.29) is 35.9 Å². The topological polar surface area (TPSA) is 108 Å². The quantitative estimate of drug-likeness (QED) is 0.337. The van der Waals surface area contributed by atoms with Crippen LogP contribution in [0.15, 0.2) is 24.0 Å². The Hall–Kier alpha value is -2.25. The maximum absolute atomic E-state index is 13.9. The van der Waals surface area contributed by atoms with Crippen LogP contribution < -0.4 is 16.8 Å². The largest absolute Gasteiger partial charge is 0.404 e. The molecule has 0 radical (unpaired) electrons. The molecule has 0 aliphatic carbocycles. The molecule has 1 aromatic rings. The summed E-state index contributed by atoms with van der Waals surface area (Å²) in [6, 6.07) is 3.06. The van der Waals surface area contributed by atoms with Crippen molar-refractivity contribution < 1.29 is 13.9 Å². The van der Waals surface area contributed by atoms with E-state index < -0.39 is 6.43 Å². The van der Waals surface area contributed by atoms with Crippen molar-refractivity contribution in [3.63, 3.8) is 0 Å². The number of aryl methyl sites for hydroxylation is 1. The zero-order chi connectivity index (χ0) is 22.0. The lowest BCUT2D eigenvalue weighted by atomic mass is 9.88. The summed E-state index contributed by atoms with van der Waals surface area (Å²) < 4.78 is 27.8. The van der Waals surface area contributed by atoms with Crippen LogP contribution in [0.2, 0.25) is 0 Å². The van der Waals surface area contributed by atoms with Crippen LogP contribution in [0.1, 0.15) is 68.7 Å². The highest BCUT2D eigenvalue weighted by molar-refractivity contribution is 6.09. The highest BCUT2D eigenvalue weighted by atomic mass is 19.3. The molecule has 5 nitrogen and oxygen atoms in total. The molecule has 1 unspecified atom stereocenters. The van der Waals surface area contributed by atoms with Crippen molar-refractivity contribution >= 4 is 17.4 Å². The molecule has 29 heavy (non-hydrogen) atoms. The number of aliphatic hydroxyl groups excluding tert-OH is 1. The molecule has 0 amide bonds. The normalized spacial score (nSPS) is 14.0. The number of allylic oxidation sites excluding steroid dienone is 2. The fraction of sp³-hybridized carbons (Fsp3) is 0.500. The van der Waals surface area contributed by atoms with Crippen LogP contribution in [0.5, 0.6) is 0 Å². The molecule has 0 heterocycles. The van der Waals surface area contributed by atoms with E-state index in [4.69, 9.17) is 16.9 Å². The van der Waals surface area contributed by atoms with Crippen molar-refractivity contribution in [2.75, 3.05) is 13.2 Å². The number of halogens is 2. The molecular formula is C22H34F2N4O. The lowest BCUT2D eigenvalue weighted by Gasteiger charge is -2.24. The van der Waals surface area contributed by atoms with Gasteiger partial charge >= 0.3 is 0 Å². The molecule has 0 saturated heterocycles. The number of aliphatic hydroxyl groups is 1. The molecular weight excluding hydrogens is 374 g/mol. The van der Waals surface area contributed by atoms with E-state index in [1.165, 1.54) is 12.3 Å². The highest BCUT2D eigenvalue weighted by Gasteiger charge is 2.21. The van der Waals surface area contributed by atoms with E-state index in [1.54, 1.807) is 6.07 Å². The Balaban J connectivity index is 3.78. The van der Waals surface area contributed by atoms with Gasteiger partial charge in [0.05, 0.1) is 6.61 Å². The molecule has 7 heteroatoms. The van der Waals surface area contributed by atoms with Crippen LogP contribution in [-0.4, -0.2) is 30.5 Å². The minimum absolute atomic E-state index is 0.0229. The van der Waals surface area contributed by atoms with Gasteiger partial charge in [0.15, 0.2) is 0 Å². The minimum atomic E-state index is -2.72. The molecule has 0 spiro atoms. The SMILES string of the molecule is CCCc1cc(C(C=N)=CN)c(C(F)F)cc1/C(CN)=C(/CC)NC(CC)CO. The summed E-state index contributed by atoms with van der Waals surface area (Å²) in [6.07, 6.45) is 2.32. The van der Waals surface area contributed by atoms with Gasteiger partial charge in [0.1, 0.15) is 0 Å². The van der Waals surface area contributed by atoms with Crippen LogP contribution in [0, 0.1) is 5.41 Å². The second-order valence-electron chi connectivity index (χ2n) is 6.86. The summed E-state index contributed by atoms with van der Waals surface area (Å²) in [5.74, 6) is 0. The number of nitrogens with two attached hydrogens (primary N) is 2. The summed E-state index contributed by atoms with van der Waals surface area (Å²) in [5, 5.41) is 20.4. The van der Waals surface area contributed by atoms with Gasteiger partial charge in [-0.1, -0.05) is 27.2 Å². The fourth-order valence-corrected chi connectivity index (χ4v) is 3.39. The molecule has 0 aromatic heterocycles. The fourth-order valence-electron chi connectivity index (χ4n) is 3.39. The monoisotopic (exact) mass is 408 g/mol. The molecule has 0 bridgehead atoms. The van der Waals surface area contributed by atoms with E-state index in [2.05, 4.69) is 5.32 Å². The number of alkyl halides is 2. The highest BCUT2D eigenvalue weighted by Crippen LogP contribution is 2.34. The van der Waals surface area contributed by atoms with Crippen molar-refractivity contribution in [3.05, 3.63) is 46.3 Å². The van der Waals surface area contributed by atoms with Crippen LogP contribution in [-0.2, 0) is 6.42 Å². The summed E-state index contributed by atoms with van der Waals surface area (Å²) in [5.41, 5.74) is 15.2. The summed E-state index contributed by atoms with van der Waals surface area (Å²) in [4.78, 5) is 0. The number of nitrogens with one attached hydrogen (secondary N) is 2. The van der Waals surface area contributed by atoms with Crippen LogP contribution in [0.4, 0.5) is 8.78 Å². The number of benzene rings is 1. The standard InChI is InChI=1S/C22H34F2N4O/c1-4-7-14-8-17(15(10-25)11-26)19(22(23)24)9-18(14)20(12-27)21(6-3)28-16(5-2)13-29/h8-11,16,22,25,28-29H,4-7,12-13,26-27H2,1-3H3/b15-11?,21-20-,25-10?. The van der Waals surface area contributed by atoms with Gasteiger partial charge in [0.25, 0.3) is 6.43 Å². The molecule has 0 aliphatic rings. The molecule has 1 atom stereocenters. The van der Waals surface area contributed by atoms with Crippen molar-refractivity contribution in [2.45, 2.75) is 58.9 Å². The van der Waals surface area contributed by atoms with E-state index in [0.717, 1.165) is 35.9 Å². The van der Waals surface area contributed by atoms with Gasteiger partial charge in [-0.2, -0.15) is 0 Å². The zero-order valence-electron chi connectivity index (χ0n) is 17.6. The van der Waals surface area contributed by atoms with Crippen LogP contribution >= 0.6 is 0 Å². The molecule has 1 aromatic carbocycles. The third-order valence-corrected chi connectivity index (χ3v) is 5.01. The Morgan fingerprint density at radius 1 is 1.24 bits per heavy atom. The molecule has 162 valence electrons. The Morgan fingerprint density at radius 2 is 1.93 bits per heavy atom. The lowest BCUT2D eigenvalue weighted by Crippen LogP contribution is -2.32. The Kier molecular flexibility index (Phi) is 10.5. The van der Waals surface area contributed by atoms with Crippen molar-refractivity contribution in [1.82, 2.24) is 5.32 Å². The van der Waals surface area contributed by atoms with Crippen LogP contribution in [0.3, 0.4) is 0 Å². The maximum Gasteiger partial charge on any atom is 0.264 e. The summed E-state index contributed by atoms with van der Waals surface area (Å²) in [6.45, 7) is 6.11. The Morgan fingerprint density at radius 3 is 2.34 bits per heavy atom. The number of rotatable bonds is 12. The molecule has 1 rings (SSSR count). The third kappa shape index (κ3) is 6.11. The van der Waals surface area contributed by atoms with Crippen molar-refractivity contribution in [2.24, 2.45) is 11.5 Å². The first-order valence-corrected chi connectivity index (χ1v) is 10.1. The average molecular weight is 409 g/mol. The smallest absolute Gasteiger partial charge is 0.264 e. The predicted molar refractivity (Wildman–Crippen MR) is 117 cm³/mol. The number of hydrogen-bond acceptors (Lipinski definition) is 5. The zero-order valence-corrected chi connectivity index (χ0v) is 17.6. The predicted octanol–water partition coefficient (Wildman–Crippen LogP) is 3.97. The summed E-state index contributed by atoms with van der Waals surface area (Å²) in [7, 11) is 0.